The van der Waals surface area contributed by atoms with Gasteiger partial charge in [0.2, 0.25) is 6.79 Å². The Labute approximate surface area is 165 Å². The summed E-state index contributed by atoms with van der Waals surface area (Å²) in [6.45, 7) is -0.477. The van der Waals surface area contributed by atoms with Crippen molar-refractivity contribution in [1.82, 2.24) is 15.5 Å². The van der Waals surface area contributed by atoms with E-state index in [0.29, 0.717) is 11.5 Å². The van der Waals surface area contributed by atoms with Gasteiger partial charge in [-0.05, 0) is 23.8 Å². The van der Waals surface area contributed by atoms with E-state index in [1.54, 1.807) is 18.2 Å². The molecule has 0 saturated carbocycles. The standard InChI is InChI=1S/C20H18N4O5/c25-10-15(21-19(26)13-6-7-16-17(8-13)29-11-28-16)20(27)22-18-9-14(23-24-18)12-4-2-1-3-5-12/h1-9,15,25H,10-11H2,(H,21,26)(H2,22,23,24,27). The van der Waals surface area contributed by atoms with E-state index >= 15 is 0 Å². The molecular weight excluding hydrogens is 376 g/mol. The summed E-state index contributed by atoms with van der Waals surface area (Å²) in [6, 6.07) is 14.7. The van der Waals surface area contributed by atoms with Crippen LogP contribution in [0.3, 0.4) is 0 Å². The minimum atomic E-state index is -1.15. The third-order valence-corrected chi connectivity index (χ3v) is 4.35. The van der Waals surface area contributed by atoms with Gasteiger partial charge in [-0.25, -0.2) is 0 Å². The lowest BCUT2D eigenvalue weighted by Crippen LogP contribution is -2.46. The molecule has 4 rings (SSSR count). The highest BCUT2D eigenvalue weighted by atomic mass is 16.7. The van der Waals surface area contributed by atoms with Crippen LogP contribution in [0.15, 0.2) is 54.6 Å². The Bertz CT molecular complexity index is 1030. The first-order valence-electron chi connectivity index (χ1n) is 8.87. The van der Waals surface area contributed by atoms with Gasteiger partial charge in [-0.15, -0.1) is 0 Å². The molecule has 1 aliphatic rings. The molecule has 1 aliphatic heterocycles. The molecule has 0 bridgehead atoms. The summed E-state index contributed by atoms with van der Waals surface area (Å²) in [6.07, 6.45) is 0. The van der Waals surface area contributed by atoms with E-state index < -0.39 is 24.5 Å². The number of ether oxygens (including phenoxy) is 2. The van der Waals surface area contributed by atoms with Crippen LogP contribution in [0.4, 0.5) is 5.82 Å². The first kappa shape index (κ1) is 18.5. The van der Waals surface area contributed by atoms with Gasteiger partial charge in [0.25, 0.3) is 11.8 Å². The predicted octanol–water partition coefficient (Wildman–Crippen LogP) is 1.53. The molecule has 1 unspecified atom stereocenters. The van der Waals surface area contributed by atoms with Crippen LogP contribution in [0, 0.1) is 0 Å². The number of carbonyl (C=O) groups is 2. The average Bonchev–Trinajstić information content (AvgIpc) is 3.41. The molecule has 0 spiro atoms. The van der Waals surface area contributed by atoms with Crippen LogP contribution in [-0.4, -0.2) is 46.6 Å². The smallest absolute Gasteiger partial charge is 0.252 e. The number of amides is 2. The van der Waals surface area contributed by atoms with Crippen molar-refractivity contribution >= 4 is 17.6 Å². The molecule has 0 fully saturated rings. The number of nitrogens with zero attached hydrogens (tertiary/aromatic N) is 1. The van der Waals surface area contributed by atoms with Gasteiger partial charge in [-0.3, -0.25) is 14.7 Å². The van der Waals surface area contributed by atoms with Crippen molar-refractivity contribution < 1.29 is 24.2 Å². The third-order valence-electron chi connectivity index (χ3n) is 4.35. The van der Waals surface area contributed by atoms with Gasteiger partial charge >= 0.3 is 0 Å². The SMILES string of the molecule is O=C(NC(CO)C(=O)Nc1cc(-c2ccccc2)[nH]n1)c1ccc2c(c1)OCO2. The maximum Gasteiger partial charge on any atom is 0.252 e. The second-order valence-electron chi connectivity index (χ2n) is 6.30. The van der Waals surface area contributed by atoms with E-state index in [1.807, 2.05) is 30.3 Å². The van der Waals surface area contributed by atoms with Crippen molar-refractivity contribution in [3.05, 3.63) is 60.2 Å². The molecule has 9 heteroatoms. The summed E-state index contributed by atoms with van der Waals surface area (Å²) < 4.78 is 10.4. The fourth-order valence-electron chi connectivity index (χ4n) is 2.84. The van der Waals surface area contributed by atoms with Gasteiger partial charge in [0.1, 0.15) is 6.04 Å². The zero-order chi connectivity index (χ0) is 20.2. The minimum absolute atomic E-state index is 0.0940. The second kappa shape index (κ2) is 8.03. The predicted molar refractivity (Wildman–Crippen MR) is 104 cm³/mol. The van der Waals surface area contributed by atoms with Crippen LogP contribution < -0.4 is 20.1 Å². The molecule has 2 heterocycles. The number of aromatic nitrogens is 2. The summed E-state index contributed by atoms with van der Waals surface area (Å²) in [4.78, 5) is 24.9. The van der Waals surface area contributed by atoms with Crippen LogP contribution in [0.2, 0.25) is 0 Å². The van der Waals surface area contributed by atoms with Crippen LogP contribution >= 0.6 is 0 Å². The molecule has 2 amide bonds. The number of nitrogens with one attached hydrogen (secondary N) is 3. The van der Waals surface area contributed by atoms with Crippen LogP contribution in [-0.2, 0) is 4.79 Å². The van der Waals surface area contributed by atoms with Crippen molar-refractivity contribution in [3.8, 4) is 22.8 Å². The molecule has 1 aromatic heterocycles. The average molecular weight is 394 g/mol. The Morgan fingerprint density at radius 2 is 1.90 bits per heavy atom. The number of aliphatic hydroxyl groups is 1. The molecule has 29 heavy (non-hydrogen) atoms. The van der Waals surface area contributed by atoms with Crippen LogP contribution in [0.5, 0.6) is 11.5 Å². The molecule has 0 saturated heterocycles. The fraction of sp³-hybridized carbons (Fsp3) is 0.150. The lowest BCUT2D eigenvalue weighted by molar-refractivity contribution is -0.118. The molecule has 4 N–H and O–H groups in total. The lowest BCUT2D eigenvalue weighted by Gasteiger charge is -2.15. The maximum atomic E-state index is 12.5. The number of H-pyrrole nitrogens is 1. The van der Waals surface area contributed by atoms with Gasteiger partial charge in [0.05, 0.1) is 12.3 Å². The number of rotatable bonds is 6. The van der Waals surface area contributed by atoms with Crippen molar-refractivity contribution in [3.63, 3.8) is 0 Å². The molecule has 1 atom stereocenters. The first-order chi connectivity index (χ1) is 14.1. The molecule has 3 aromatic rings. The van der Waals surface area contributed by atoms with Crippen molar-refractivity contribution in [2.45, 2.75) is 6.04 Å². The molecule has 9 nitrogen and oxygen atoms in total. The normalized spacial score (nSPS) is 13.0. The number of anilines is 1. The highest BCUT2D eigenvalue weighted by Crippen LogP contribution is 2.32. The Morgan fingerprint density at radius 3 is 2.69 bits per heavy atom. The monoisotopic (exact) mass is 394 g/mol. The Balaban J connectivity index is 1.41. The topological polar surface area (TPSA) is 126 Å². The van der Waals surface area contributed by atoms with Crippen LogP contribution in [0.25, 0.3) is 11.3 Å². The third kappa shape index (κ3) is 4.04. The first-order valence-corrected chi connectivity index (χ1v) is 8.87. The van der Waals surface area contributed by atoms with Gasteiger partial charge in [-0.2, -0.15) is 5.10 Å². The number of carbonyl (C=O) groups excluding carboxylic acids is 2. The quantitative estimate of drug-likeness (QED) is 0.502. The molecule has 148 valence electrons. The number of aromatic amines is 1. The highest BCUT2D eigenvalue weighted by Gasteiger charge is 2.23. The number of hydrogen-bond donors (Lipinski definition) is 4. The van der Waals surface area contributed by atoms with E-state index in [9.17, 15) is 14.7 Å². The molecular formula is C20H18N4O5. The summed E-state index contributed by atoms with van der Waals surface area (Å²) in [7, 11) is 0. The summed E-state index contributed by atoms with van der Waals surface area (Å²) in [5, 5.41) is 21.5. The van der Waals surface area contributed by atoms with E-state index in [4.69, 9.17) is 9.47 Å². The van der Waals surface area contributed by atoms with Gasteiger partial charge in [0, 0.05) is 11.6 Å². The Morgan fingerprint density at radius 1 is 1.10 bits per heavy atom. The number of fused-ring (bicyclic) bond motifs is 1. The van der Waals surface area contributed by atoms with E-state index in [0.717, 1.165) is 11.3 Å². The van der Waals surface area contributed by atoms with E-state index in [1.165, 1.54) is 6.07 Å². The van der Waals surface area contributed by atoms with E-state index in [-0.39, 0.29) is 18.2 Å². The zero-order valence-corrected chi connectivity index (χ0v) is 15.2. The fourth-order valence-corrected chi connectivity index (χ4v) is 2.84. The van der Waals surface area contributed by atoms with Crippen molar-refractivity contribution in [1.29, 1.82) is 0 Å². The second-order valence-corrected chi connectivity index (χ2v) is 6.30. The summed E-state index contributed by atoms with van der Waals surface area (Å²) in [5.41, 5.74) is 1.92. The number of hydrogen-bond acceptors (Lipinski definition) is 6. The Kier molecular flexibility index (Phi) is 5.12. The molecule has 2 aromatic carbocycles. The number of aliphatic hydroxyl groups excluding tert-OH is 1. The van der Waals surface area contributed by atoms with Gasteiger partial charge in [0.15, 0.2) is 17.3 Å². The van der Waals surface area contributed by atoms with Gasteiger partial charge in [-0.1, -0.05) is 30.3 Å². The van der Waals surface area contributed by atoms with Crippen LogP contribution in [0.1, 0.15) is 10.4 Å². The highest BCUT2D eigenvalue weighted by molar-refractivity contribution is 6.01. The Hall–Kier alpha value is -3.85. The largest absolute Gasteiger partial charge is 0.454 e. The van der Waals surface area contributed by atoms with Crippen molar-refractivity contribution in [2.24, 2.45) is 0 Å². The lowest BCUT2D eigenvalue weighted by atomic mass is 10.1. The molecule has 0 aliphatic carbocycles. The van der Waals surface area contributed by atoms with E-state index in [2.05, 4.69) is 20.8 Å². The van der Waals surface area contributed by atoms with Crippen molar-refractivity contribution in [2.75, 3.05) is 18.7 Å². The zero-order valence-electron chi connectivity index (χ0n) is 15.2. The summed E-state index contributed by atoms with van der Waals surface area (Å²) >= 11 is 0. The van der Waals surface area contributed by atoms with Gasteiger partial charge < -0.3 is 25.2 Å². The maximum absolute atomic E-state index is 12.5. The molecule has 0 radical (unpaired) electrons. The summed E-state index contributed by atoms with van der Waals surface area (Å²) in [5.74, 6) is 0.167. The minimum Gasteiger partial charge on any atom is -0.454 e. The number of benzene rings is 2.